The summed E-state index contributed by atoms with van der Waals surface area (Å²) in [4.78, 5) is 14.6. The van der Waals surface area contributed by atoms with Crippen LogP contribution in [0.5, 0.6) is 0 Å². The molecule has 0 aromatic heterocycles. The van der Waals surface area contributed by atoms with Crippen LogP contribution in [0, 0.1) is 0 Å². The van der Waals surface area contributed by atoms with Gasteiger partial charge in [0.1, 0.15) is 0 Å². The molecule has 0 radical (unpaired) electrons. The van der Waals surface area contributed by atoms with Gasteiger partial charge in [-0.05, 0) is 0 Å². The van der Waals surface area contributed by atoms with Crippen molar-refractivity contribution in [2.75, 3.05) is 0 Å². The summed E-state index contributed by atoms with van der Waals surface area (Å²) in [5.74, 6) is 0. The van der Waals surface area contributed by atoms with Crippen molar-refractivity contribution in [3.8, 4) is 0 Å². The predicted molar refractivity (Wildman–Crippen MR) is 34.1 cm³/mol. The van der Waals surface area contributed by atoms with Crippen molar-refractivity contribution in [3.63, 3.8) is 0 Å². The second-order valence-electron chi connectivity index (χ2n) is 1.76. The van der Waals surface area contributed by atoms with Gasteiger partial charge >= 0.3 is 50.9 Å². The number of carbonyl (C=O) groups excluding carboxylic acids is 1. The Hall–Kier alpha value is 0.209. The molecular formula is C5H10OSn. The van der Waals surface area contributed by atoms with Crippen LogP contribution in [0.15, 0.2) is 12.7 Å². The zero-order valence-electron chi connectivity index (χ0n) is 4.77. The van der Waals surface area contributed by atoms with Crippen molar-refractivity contribution in [1.29, 1.82) is 0 Å². The Morgan fingerprint density at radius 2 is 2.14 bits per heavy atom. The number of hydrogen-bond donors (Lipinski definition) is 0. The summed E-state index contributed by atoms with van der Waals surface area (Å²) in [6.45, 7) is 3.38. The maximum atomic E-state index is 10.5. The molecular weight excluding hydrogens is 195 g/mol. The van der Waals surface area contributed by atoms with Crippen LogP contribution in [0.25, 0.3) is 0 Å². The molecule has 0 saturated carbocycles. The molecule has 0 heterocycles. The molecule has 0 N–H and O–H groups in total. The van der Waals surface area contributed by atoms with E-state index in [0.29, 0.717) is 3.80 Å². The third-order valence-corrected chi connectivity index (χ3v) is 4.69. The minimum absolute atomic E-state index is 0.321. The van der Waals surface area contributed by atoms with E-state index in [0.717, 1.165) is 0 Å². The Bertz CT molecular complexity index is 86.1. The van der Waals surface area contributed by atoms with Gasteiger partial charge in [0.25, 0.3) is 0 Å². The van der Waals surface area contributed by atoms with E-state index in [1.807, 2.05) is 0 Å². The summed E-state index contributed by atoms with van der Waals surface area (Å²) in [6.07, 6.45) is 1.45. The van der Waals surface area contributed by atoms with Crippen molar-refractivity contribution in [2.24, 2.45) is 0 Å². The van der Waals surface area contributed by atoms with Gasteiger partial charge in [-0.1, -0.05) is 0 Å². The normalized spacial score (nSPS) is 9.00. The summed E-state index contributed by atoms with van der Waals surface area (Å²) in [5.41, 5.74) is 0. The van der Waals surface area contributed by atoms with E-state index in [1.165, 1.54) is 6.08 Å². The van der Waals surface area contributed by atoms with E-state index in [4.69, 9.17) is 0 Å². The van der Waals surface area contributed by atoms with Crippen molar-refractivity contribution >= 4 is 23.6 Å². The van der Waals surface area contributed by atoms with E-state index < -0.39 is 19.8 Å². The Balaban J connectivity index is 3.56. The van der Waals surface area contributed by atoms with Gasteiger partial charge < -0.3 is 0 Å². The van der Waals surface area contributed by atoms with Crippen molar-refractivity contribution in [2.45, 2.75) is 9.88 Å². The molecule has 2 heteroatoms. The Kier molecular flexibility index (Phi) is 3.34. The summed E-state index contributed by atoms with van der Waals surface area (Å²) in [5, 5.41) is 0. The van der Waals surface area contributed by atoms with Gasteiger partial charge in [0.15, 0.2) is 0 Å². The molecule has 1 nitrogen and oxygen atoms in total. The van der Waals surface area contributed by atoms with Gasteiger partial charge in [-0.2, -0.15) is 0 Å². The van der Waals surface area contributed by atoms with Crippen LogP contribution in [0.4, 0.5) is 0 Å². The van der Waals surface area contributed by atoms with Gasteiger partial charge in [-0.3, -0.25) is 0 Å². The Labute approximate surface area is 51.2 Å². The van der Waals surface area contributed by atoms with Gasteiger partial charge in [0.05, 0.1) is 0 Å². The first-order chi connectivity index (χ1) is 3.18. The quantitative estimate of drug-likeness (QED) is 0.480. The topological polar surface area (TPSA) is 17.1 Å². The second-order valence-corrected chi connectivity index (χ2v) is 9.98. The van der Waals surface area contributed by atoms with Crippen LogP contribution in [0.2, 0.25) is 9.88 Å². The molecule has 0 aliphatic rings. The monoisotopic (exact) mass is 206 g/mol. The molecule has 0 fully saturated rings. The van der Waals surface area contributed by atoms with Gasteiger partial charge in [0.2, 0.25) is 0 Å². The first-order valence-corrected chi connectivity index (χ1v) is 10.6. The molecule has 0 rings (SSSR count). The molecule has 0 aromatic rings. The summed E-state index contributed by atoms with van der Waals surface area (Å²) < 4.78 is 0.321. The number of hydrogen-bond acceptors (Lipinski definition) is 1. The first-order valence-electron chi connectivity index (χ1n) is 2.34. The average Bonchev–Trinajstić information content (AvgIpc) is 1.65. The fourth-order valence-electron chi connectivity index (χ4n) is 0.236. The number of rotatable bonds is 2. The molecule has 0 aliphatic carbocycles. The number of carbonyl (C=O) groups is 1. The van der Waals surface area contributed by atoms with E-state index >= 15 is 0 Å². The zero-order chi connectivity index (χ0) is 5.86. The third-order valence-electron chi connectivity index (χ3n) is 0.770. The molecule has 0 aromatic carbocycles. The van der Waals surface area contributed by atoms with Crippen molar-refractivity contribution in [3.05, 3.63) is 12.7 Å². The first kappa shape index (κ1) is 7.21. The molecule has 7 heavy (non-hydrogen) atoms. The summed E-state index contributed by atoms with van der Waals surface area (Å²) >= 11 is -1.60. The zero-order valence-corrected chi connectivity index (χ0v) is 8.07. The van der Waals surface area contributed by atoms with Crippen LogP contribution in [-0.2, 0) is 4.79 Å². The van der Waals surface area contributed by atoms with E-state index in [2.05, 4.69) is 16.5 Å². The van der Waals surface area contributed by atoms with Crippen LogP contribution in [0.1, 0.15) is 0 Å². The molecule has 0 aliphatic heterocycles. The number of allylic oxidation sites excluding steroid dienone is 1. The van der Waals surface area contributed by atoms with E-state index in [1.54, 1.807) is 0 Å². The van der Waals surface area contributed by atoms with Crippen LogP contribution in [0.3, 0.4) is 0 Å². The summed E-state index contributed by atoms with van der Waals surface area (Å²) in [7, 11) is 0. The van der Waals surface area contributed by atoms with Gasteiger partial charge in [-0.15, -0.1) is 0 Å². The third kappa shape index (κ3) is 2.85. The predicted octanol–water partition coefficient (Wildman–Crippen LogP) is 0.767. The van der Waals surface area contributed by atoms with Crippen LogP contribution >= 0.6 is 0 Å². The average molecular weight is 205 g/mol. The van der Waals surface area contributed by atoms with Crippen LogP contribution in [-0.4, -0.2) is 23.6 Å². The molecule has 0 atom stereocenters. The second kappa shape index (κ2) is 3.24. The SMILES string of the molecule is C=C[C](=O)[SnH]([CH3])[CH3]. The maximum absolute atomic E-state index is 10.5. The molecule has 0 saturated heterocycles. The van der Waals surface area contributed by atoms with Gasteiger partial charge in [0, 0.05) is 0 Å². The van der Waals surface area contributed by atoms with E-state index in [9.17, 15) is 4.79 Å². The van der Waals surface area contributed by atoms with Gasteiger partial charge in [-0.25, -0.2) is 0 Å². The molecule has 0 bridgehead atoms. The van der Waals surface area contributed by atoms with Crippen LogP contribution < -0.4 is 0 Å². The molecule has 0 unspecified atom stereocenters. The summed E-state index contributed by atoms with van der Waals surface area (Å²) in [6, 6.07) is 0. The molecule has 0 spiro atoms. The molecule has 0 amide bonds. The van der Waals surface area contributed by atoms with E-state index in [-0.39, 0.29) is 0 Å². The molecule has 40 valence electrons. The standard InChI is InChI=1S/C3H3O.2CH3.Sn.H/c1-2-3-4;;;;/h2H,1H2;2*1H3;;. The fourth-order valence-corrected chi connectivity index (χ4v) is 1.58. The Morgan fingerprint density at radius 1 is 1.71 bits per heavy atom. The van der Waals surface area contributed by atoms with Crippen molar-refractivity contribution < 1.29 is 4.79 Å². The fraction of sp³-hybridized carbons (Fsp3) is 0.400. The minimum atomic E-state index is -1.60. The van der Waals surface area contributed by atoms with Crippen molar-refractivity contribution in [1.82, 2.24) is 0 Å². The Morgan fingerprint density at radius 3 is 2.14 bits per heavy atom.